The zero-order chi connectivity index (χ0) is 21.0. The summed E-state index contributed by atoms with van der Waals surface area (Å²) in [5.74, 6) is -1.57. The molecular weight excluding hydrogens is 380 g/mol. The molecule has 0 aliphatic heterocycles. The minimum Gasteiger partial charge on any atom is -0.388 e. The topological polar surface area (TPSA) is 94.8 Å². The molecule has 0 heterocycles. The Bertz CT molecular complexity index is 503. The molecule has 0 saturated heterocycles. The lowest BCUT2D eigenvalue weighted by atomic mass is 9.88. The van der Waals surface area contributed by atoms with Crippen LogP contribution in [0.5, 0.6) is 0 Å². The van der Waals surface area contributed by atoms with Gasteiger partial charge in [-0.25, -0.2) is 0 Å². The highest BCUT2D eigenvalue weighted by molar-refractivity contribution is 6.18. The van der Waals surface area contributed by atoms with E-state index in [9.17, 15) is 19.8 Å². The van der Waals surface area contributed by atoms with Crippen LogP contribution in [0.15, 0.2) is 12.2 Å². The van der Waals surface area contributed by atoms with E-state index in [0.29, 0.717) is 42.8 Å². The van der Waals surface area contributed by atoms with Crippen LogP contribution in [0, 0.1) is 17.8 Å². The lowest BCUT2D eigenvalue weighted by molar-refractivity contribution is -0.187. The molecule has 1 aliphatic carbocycles. The third-order valence-electron chi connectivity index (χ3n) is 5.82. The maximum Gasteiger partial charge on any atom is 0.226 e. The van der Waals surface area contributed by atoms with Gasteiger partial charge in [0, 0.05) is 24.6 Å². The first-order valence-electron chi connectivity index (χ1n) is 10.7. The SMILES string of the molecule is CCCC[C@H](CCl)CC=C[C@H]1CCC(=O)[C@@H]1CCCCCC(O)(O)C(=O)CO. The summed E-state index contributed by atoms with van der Waals surface area (Å²) in [4.78, 5) is 23.4. The van der Waals surface area contributed by atoms with Gasteiger partial charge in [0.1, 0.15) is 12.4 Å². The second-order valence-corrected chi connectivity index (χ2v) is 8.41. The molecule has 0 aromatic heterocycles. The van der Waals surface area contributed by atoms with Crippen LogP contribution in [0.4, 0.5) is 0 Å². The summed E-state index contributed by atoms with van der Waals surface area (Å²) in [7, 11) is 0. The number of Topliss-reactive ketones (excluding diaryl/α,β-unsaturated/α-hetero) is 2. The molecule has 28 heavy (non-hydrogen) atoms. The van der Waals surface area contributed by atoms with Gasteiger partial charge in [-0.15, -0.1) is 11.6 Å². The number of allylic oxidation sites excluding steroid dienone is 2. The highest BCUT2D eigenvalue weighted by Gasteiger charge is 2.33. The van der Waals surface area contributed by atoms with E-state index in [-0.39, 0.29) is 12.3 Å². The Kier molecular flexibility index (Phi) is 12.2. The van der Waals surface area contributed by atoms with Crippen molar-refractivity contribution in [1.82, 2.24) is 0 Å². The molecule has 3 N–H and O–H groups in total. The third-order valence-corrected chi connectivity index (χ3v) is 6.26. The zero-order valence-electron chi connectivity index (χ0n) is 17.1. The lowest BCUT2D eigenvalue weighted by Gasteiger charge is -2.19. The normalized spacial score (nSPS) is 21.5. The number of aliphatic hydroxyl groups is 3. The molecule has 1 aliphatic rings. The molecule has 1 saturated carbocycles. The standard InChI is InChI=1S/C22H37ClO5/c1-2-3-8-17(15-23)9-7-10-18-12-13-20(25)19(18)11-5-4-6-14-22(27,28)21(26)16-24/h7,10,17-19,24,27-28H,2-6,8-9,11-16H2,1H3/t17-,18-,19+/m0/s1. The molecule has 0 radical (unpaired) electrons. The van der Waals surface area contributed by atoms with E-state index in [1.54, 1.807) is 0 Å². The number of carbonyl (C=O) groups excluding carboxylic acids is 2. The van der Waals surface area contributed by atoms with Gasteiger partial charge in [-0.2, -0.15) is 0 Å². The van der Waals surface area contributed by atoms with E-state index in [1.165, 1.54) is 12.8 Å². The summed E-state index contributed by atoms with van der Waals surface area (Å²) in [6.07, 6.45) is 13.1. The number of alkyl halides is 1. The van der Waals surface area contributed by atoms with E-state index < -0.39 is 18.2 Å². The number of aliphatic hydroxyl groups excluding tert-OH is 1. The summed E-state index contributed by atoms with van der Waals surface area (Å²) in [5.41, 5.74) is 0. The van der Waals surface area contributed by atoms with Gasteiger partial charge in [-0.3, -0.25) is 9.59 Å². The molecule has 162 valence electrons. The van der Waals surface area contributed by atoms with E-state index in [0.717, 1.165) is 32.1 Å². The second kappa shape index (κ2) is 13.5. The number of ketones is 2. The Morgan fingerprint density at radius 1 is 1.29 bits per heavy atom. The first-order valence-corrected chi connectivity index (χ1v) is 11.2. The summed E-state index contributed by atoms with van der Waals surface area (Å²) in [5, 5.41) is 27.9. The predicted molar refractivity (Wildman–Crippen MR) is 111 cm³/mol. The van der Waals surface area contributed by atoms with Crippen molar-refractivity contribution in [2.45, 2.75) is 83.3 Å². The predicted octanol–water partition coefficient (Wildman–Crippen LogP) is 3.77. The number of rotatable bonds is 15. The molecule has 0 amide bonds. The molecular formula is C22H37ClO5. The number of carbonyl (C=O) groups is 2. The summed E-state index contributed by atoms with van der Waals surface area (Å²) >= 11 is 6.05. The van der Waals surface area contributed by atoms with E-state index in [1.807, 2.05) is 0 Å². The summed E-state index contributed by atoms with van der Waals surface area (Å²) in [6, 6.07) is 0. The van der Waals surface area contributed by atoms with Crippen LogP contribution in [0.2, 0.25) is 0 Å². The van der Waals surface area contributed by atoms with Crippen molar-refractivity contribution in [2.24, 2.45) is 17.8 Å². The molecule has 0 spiro atoms. The van der Waals surface area contributed by atoms with Gasteiger partial charge < -0.3 is 15.3 Å². The Balaban J connectivity index is 2.37. The fraction of sp³-hybridized carbons (Fsp3) is 0.818. The molecule has 1 rings (SSSR count). The lowest BCUT2D eigenvalue weighted by Crippen LogP contribution is -2.40. The van der Waals surface area contributed by atoms with E-state index in [4.69, 9.17) is 16.7 Å². The first-order chi connectivity index (χ1) is 13.4. The quantitative estimate of drug-likeness (QED) is 0.163. The van der Waals surface area contributed by atoms with E-state index in [2.05, 4.69) is 19.1 Å². The van der Waals surface area contributed by atoms with Crippen molar-refractivity contribution in [2.75, 3.05) is 12.5 Å². The van der Waals surface area contributed by atoms with Crippen molar-refractivity contribution in [3.05, 3.63) is 12.2 Å². The van der Waals surface area contributed by atoms with Gasteiger partial charge in [0.2, 0.25) is 11.6 Å². The molecule has 0 bridgehead atoms. The third kappa shape index (κ3) is 8.73. The molecule has 5 nitrogen and oxygen atoms in total. The van der Waals surface area contributed by atoms with Crippen LogP contribution in [-0.2, 0) is 9.59 Å². The van der Waals surface area contributed by atoms with Crippen LogP contribution in [0.1, 0.15) is 77.6 Å². The van der Waals surface area contributed by atoms with Crippen molar-refractivity contribution >= 4 is 23.2 Å². The summed E-state index contributed by atoms with van der Waals surface area (Å²) < 4.78 is 0. The van der Waals surface area contributed by atoms with Crippen LogP contribution < -0.4 is 0 Å². The van der Waals surface area contributed by atoms with Gasteiger partial charge in [-0.1, -0.05) is 44.8 Å². The Hall–Kier alpha value is -0.750. The number of halogens is 1. The molecule has 0 aromatic rings. The number of hydrogen-bond acceptors (Lipinski definition) is 5. The second-order valence-electron chi connectivity index (χ2n) is 8.10. The average molecular weight is 417 g/mol. The fourth-order valence-corrected chi connectivity index (χ4v) is 4.20. The van der Waals surface area contributed by atoms with Crippen molar-refractivity contribution in [3.63, 3.8) is 0 Å². The monoisotopic (exact) mass is 416 g/mol. The molecule has 1 fully saturated rings. The maximum absolute atomic E-state index is 12.2. The number of unbranched alkanes of at least 4 members (excludes halogenated alkanes) is 3. The molecule has 0 unspecified atom stereocenters. The Morgan fingerprint density at radius 2 is 2.04 bits per heavy atom. The van der Waals surface area contributed by atoms with Crippen molar-refractivity contribution in [1.29, 1.82) is 0 Å². The van der Waals surface area contributed by atoms with Crippen LogP contribution in [0.25, 0.3) is 0 Å². The zero-order valence-corrected chi connectivity index (χ0v) is 17.9. The van der Waals surface area contributed by atoms with Gasteiger partial charge >= 0.3 is 0 Å². The minimum absolute atomic E-state index is 0.0495. The molecule has 3 atom stereocenters. The van der Waals surface area contributed by atoms with Crippen LogP contribution in [0.3, 0.4) is 0 Å². The Morgan fingerprint density at radius 3 is 2.68 bits per heavy atom. The van der Waals surface area contributed by atoms with Crippen molar-refractivity contribution in [3.8, 4) is 0 Å². The first kappa shape index (κ1) is 25.3. The highest BCUT2D eigenvalue weighted by Crippen LogP contribution is 2.34. The smallest absolute Gasteiger partial charge is 0.226 e. The van der Waals surface area contributed by atoms with Gasteiger partial charge in [0.15, 0.2) is 0 Å². The fourth-order valence-electron chi connectivity index (χ4n) is 3.91. The van der Waals surface area contributed by atoms with E-state index >= 15 is 0 Å². The maximum atomic E-state index is 12.2. The van der Waals surface area contributed by atoms with Gasteiger partial charge in [0.25, 0.3) is 0 Å². The number of hydrogen-bond donors (Lipinski definition) is 3. The van der Waals surface area contributed by atoms with Gasteiger partial charge in [0.05, 0.1) is 0 Å². The Labute approximate surface area is 174 Å². The van der Waals surface area contributed by atoms with Crippen LogP contribution >= 0.6 is 11.6 Å². The van der Waals surface area contributed by atoms with Crippen molar-refractivity contribution < 1.29 is 24.9 Å². The average Bonchev–Trinajstić information content (AvgIpc) is 3.03. The molecule has 6 heteroatoms. The highest BCUT2D eigenvalue weighted by atomic mass is 35.5. The molecule has 0 aromatic carbocycles. The van der Waals surface area contributed by atoms with Crippen LogP contribution in [-0.4, -0.2) is 45.2 Å². The van der Waals surface area contributed by atoms with Gasteiger partial charge in [-0.05, 0) is 43.9 Å². The minimum atomic E-state index is -2.44. The summed E-state index contributed by atoms with van der Waals surface area (Å²) in [6.45, 7) is 1.31. The largest absolute Gasteiger partial charge is 0.388 e.